The van der Waals surface area contributed by atoms with Crippen LogP contribution in [0.1, 0.15) is 43.1 Å². The fraction of sp³-hybridized carbons (Fsp3) is 0.522. The van der Waals surface area contributed by atoms with Crippen LogP contribution >= 0.6 is 0 Å². The van der Waals surface area contributed by atoms with E-state index in [-0.39, 0.29) is 17.5 Å². The van der Waals surface area contributed by atoms with Crippen molar-refractivity contribution in [1.29, 1.82) is 0 Å². The van der Waals surface area contributed by atoms with Crippen LogP contribution in [-0.2, 0) is 11.3 Å². The van der Waals surface area contributed by atoms with E-state index in [1.165, 1.54) is 5.56 Å². The van der Waals surface area contributed by atoms with Gasteiger partial charge in [-0.15, -0.1) is 0 Å². The first-order chi connectivity index (χ1) is 15.1. The molecule has 2 saturated heterocycles. The molecule has 0 aliphatic carbocycles. The maximum atomic E-state index is 12.8. The molecular formula is C23H29N5O3. The van der Waals surface area contributed by atoms with Crippen molar-refractivity contribution in [3.8, 4) is 5.75 Å². The second kappa shape index (κ2) is 8.43. The third-order valence-corrected chi connectivity index (χ3v) is 6.60. The Morgan fingerprint density at radius 3 is 2.90 bits per heavy atom. The lowest BCUT2D eigenvalue weighted by Crippen LogP contribution is -2.23. The Morgan fingerprint density at radius 1 is 1.26 bits per heavy atom. The molecule has 2 aliphatic rings. The van der Waals surface area contributed by atoms with E-state index in [9.17, 15) is 4.79 Å². The molecule has 0 amide bonds. The normalized spacial score (nSPS) is 22.9. The third kappa shape index (κ3) is 3.97. The standard InChI is InChI=1S/C23H29N5O3/c1-15-12-27(13-16-4-3-5-18(10-16)30-2)14-20(15)21-25-22-19(23(29)26-21)11-24-28(22)17-6-8-31-9-7-17/h3-5,10-11,15,17,20H,6-9,12-14H2,1-2H3,(H,25,26,29)/t15-,20-/m1/s1. The molecule has 0 bridgehead atoms. The molecular weight excluding hydrogens is 394 g/mol. The van der Waals surface area contributed by atoms with Crippen molar-refractivity contribution in [3.05, 3.63) is 52.2 Å². The number of nitrogens with one attached hydrogen (secondary N) is 1. The van der Waals surface area contributed by atoms with Crippen LogP contribution in [0.3, 0.4) is 0 Å². The molecule has 1 aromatic carbocycles. The third-order valence-electron chi connectivity index (χ3n) is 6.60. The van der Waals surface area contributed by atoms with Gasteiger partial charge in [0.2, 0.25) is 0 Å². The van der Waals surface area contributed by atoms with Gasteiger partial charge in [0.25, 0.3) is 5.56 Å². The van der Waals surface area contributed by atoms with Gasteiger partial charge in [-0.3, -0.25) is 9.69 Å². The number of likely N-dealkylation sites (tertiary alicyclic amines) is 1. The molecule has 8 nitrogen and oxygen atoms in total. The van der Waals surface area contributed by atoms with Crippen LogP contribution in [-0.4, -0.2) is 58.1 Å². The quantitative estimate of drug-likeness (QED) is 0.679. The van der Waals surface area contributed by atoms with Crippen molar-refractivity contribution in [1.82, 2.24) is 24.6 Å². The number of fused-ring (bicyclic) bond motifs is 1. The van der Waals surface area contributed by atoms with Gasteiger partial charge in [-0.05, 0) is 36.5 Å². The maximum Gasteiger partial charge on any atom is 0.262 e. The summed E-state index contributed by atoms with van der Waals surface area (Å²) in [5.41, 5.74) is 1.82. The summed E-state index contributed by atoms with van der Waals surface area (Å²) in [4.78, 5) is 23.2. The van der Waals surface area contributed by atoms with Gasteiger partial charge in [-0.1, -0.05) is 19.1 Å². The number of hydrogen-bond acceptors (Lipinski definition) is 6. The van der Waals surface area contributed by atoms with Crippen LogP contribution in [0, 0.1) is 5.92 Å². The fourth-order valence-electron chi connectivity index (χ4n) is 4.91. The summed E-state index contributed by atoms with van der Waals surface area (Å²) in [7, 11) is 1.69. The zero-order valence-electron chi connectivity index (χ0n) is 18.1. The van der Waals surface area contributed by atoms with Crippen molar-refractivity contribution in [2.75, 3.05) is 33.4 Å². The highest BCUT2D eigenvalue weighted by molar-refractivity contribution is 5.73. The van der Waals surface area contributed by atoms with Crippen molar-refractivity contribution < 1.29 is 9.47 Å². The molecule has 31 heavy (non-hydrogen) atoms. The van der Waals surface area contributed by atoms with Crippen LogP contribution in [0.25, 0.3) is 11.0 Å². The molecule has 0 unspecified atom stereocenters. The Hall–Kier alpha value is -2.71. The summed E-state index contributed by atoms with van der Waals surface area (Å²) >= 11 is 0. The van der Waals surface area contributed by atoms with Gasteiger partial charge < -0.3 is 14.5 Å². The molecule has 164 valence electrons. The summed E-state index contributed by atoms with van der Waals surface area (Å²) < 4.78 is 12.8. The molecule has 0 radical (unpaired) electrons. The number of H-pyrrole nitrogens is 1. The number of rotatable bonds is 5. The molecule has 1 N–H and O–H groups in total. The van der Waals surface area contributed by atoms with E-state index in [0.717, 1.165) is 57.3 Å². The number of ether oxygens (including phenoxy) is 2. The highest BCUT2D eigenvalue weighted by Crippen LogP contribution is 2.32. The van der Waals surface area contributed by atoms with Gasteiger partial charge in [0.15, 0.2) is 5.65 Å². The Balaban J connectivity index is 1.40. The monoisotopic (exact) mass is 423 g/mol. The second-order valence-electron chi connectivity index (χ2n) is 8.75. The van der Waals surface area contributed by atoms with E-state index in [4.69, 9.17) is 14.5 Å². The van der Waals surface area contributed by atoms with Crippen LogP contribution in [0.5, 0.6) is 5.75 Å². The zero-order valence-corrected chi connectivity index (χ0v) is 18.1. The fourth-order valence-corrected chi connectivity index (χ4v) is 4.91. The zero-order chi connectivity index (χ0) is 21.4. The number of methoxy groups -OCH3 is 1. The predicted molar refractivity (Wildman–Crippen MR) is 117 cm³/mol. The van der Waals surface area contributed by atoms with E-state index < -0.39 is 0 Å². The first kappa shape index (κ1) is 20.2. The number of nitrogens with zero attached hydrogens (tertiary/aromatic N) is 4. The lowest BCUT2D eigenvalue weighted by atomic mass is 9.97. The molecule has 0 spiro atoms. The summed E-state index contributed by atoms with van der Waals surface area (Å²) in [6.07, 6.45) is 3.44. The summed E-state index contributed by atoms with van der Waals surface area (Å²) in [5.74, 6) is 2.22. The van der Waals surface area contributed by atoms with Crippen molar-refractivity contribution in [2.45, 2.75) is 38.3 Å². The van der Waals surface area contributed by atoms with E-state index in [0.29, 0.717) is 17.0 Å². The van der Waals surface area contributed by atoms with Gasteiger partial charge in [-0.25, -0.2) is 9.67 Å². The first-order valence-electron chi connectivity index (χ1n) is 11.0. The molecule has 2 aromatic heterocycles. The van der Waals surface area contributed by atoms with Gasteiger partial charge in [-0.2, -0.15) is 5.10 Å². The maximum absolute atomic E-state index is 12.8. The lowest BCUT2D eigenvalue weighted by molar-refractivity contribution is 0.0673. The summed E-state index contributed by atoms with van der Waals surface area (Å²) in [5, 5.41) is 5.07. The Morgan fingerprint density at radius 2 is 2.10 bits per heavy atom. The Kier molecular flexibility index (Phi) is 5.50. The lowest BCUT2D eigenvalue weighted by Gasteiger charge is -2.23. The van der Waals surface area contributed by atoms with Gasteiger partial charge >= 0.3 is 0 Å². The molecule has 4 heterocycles. The summed E-state index contributed by atoms with van der Waals surface area (Å²) in [6, 6.07) is 8.43. The predicted octanol–water partition coefficient (Wildman–Crippen LogP) is 2.72. The van der Waals surface area contributed by atoms with Crippen LogP contribution in [0.2, 0.25) is 0 Å². The van der Waals surface area contributed by atoms with Crippen LogP contribution in [0.4, 0.5) is 0 Å². The minimum absolute atomic E-state index is 0.100. The molecule has 2 aliphatic heterocycles. The SMILES string of the molecule is COc1cccc(CN2C[C@@H](C)[C@H](c3nc4c(cnn4C4CCOCC4)c(=O)[nH]3)C2)c1. The minimum Gasteiger partial charge on any atom is -0.497 e. The average Bonchev–Trinajstić information content (AvgIpc) is 3.38. The number of benzene rings is 1. The number of aromatic amines is 1. The van der Waals surface area contributed by atoms with E-state index in [1.807, 2.05) is 16.8 Å². The topological polar surface area (TPSA) is 85.3 Å². The van der Waals surface area contributed by atoms with Crippen molar-refractivity contribution in [3.63, 3.8) is 0 Å². The first-order valence-corrected chi connectivity index (χ1v) is 11.0. The van der Waals surface area contributed by atoms with Crippen molar-refractivity contribution in [2.24, 2.45) is 5.92 Å². The molecule has 8 heteroatoms. The Bertz CT molecular complexity index is 1120. The Labute approximate surface area is 181 Å². The summed E-state index contributed by atoms with van der Waals surface area (Å²) in [6.45, 7) is 6.35. The van der Waals surface area contributed by atoms with E-state index in [1.54, 1.807) is 13.3 Å². The molecule has 2 atom stereocenters. The number of hydrogen-bond donors (Lipinski definition) is 1. The van der Waals surface area contributed by atoms with Gasteiger partial charge in [0.1, 0.15) is 17.0 Å². The van der Waals surface area contributed by atoms with E-state index >= 15 is 0 Å². The molecule has 2 fully saturated rings. The highest BCUT2D eigenvalue weighted by Gasteiger charge is 2.33. The molecule has 0 saturated carbocycles. The smallest absolute Gasteiger partial charge is 0.262 e. The largest absolute Gasteiger partial charge is 0.497 e. The van der Waals surface area contributed by atoms with E-state index in [2.05, 4.69) is 34.0 Å². The minimum atomic E-state index is -0.100. The van der Waals surface area contributed by atoms with Gasteiger partial charge in [0.05, 0.1) is 19.3 Å². The van der Waals surface area contributed by atoms with Crippen LogP contribution in [0.15, 0.2) is 35.3 Å². The second-order valence-corrected chi connectivity index (χ2v) is 8.75. The number of aromatic nitrogens is 4. The highest BCUT2D eigenvalue weighted by atomic mass is 16.5. The average molecular weight is 424 g/mol. The van der Waals surface area contributed by atoms with Crippen molar-refractivity contribution >= 4 is 11.0 Å². The van der Waals surface area contributed by atoms with Crippen LogP contribution < -0.4 is 10.3 Å². The molecule has 5 rings (SSSR count). The molecule has 3 aromatic rings. The van der Waals surface area contributed by atoms with Gasteiger partial charge in [0, 0.05) is 38.8 Å².